The Kier molecular flexibility index (Phi) is 4.11. The van der Waals surface area contributed by atoms with Crippen LogP contribution in [0.1, 0.15) is 11.1 Å². The first kappa shape index (κ1) is 15.7. The first-order chi connectivity index (χ1) is 12.2. The molecule has 6 heteroatoms. The fourth-order valence-corrected chi connectivity index (χ4v) is 3.32. The zero-order valence-corrected chi connectivity index (χ0v) is 13.7. The van der Waals surface area contributed by atoms with E-state index in [1.807, 2.05) is 41.1 Å². The first-order valence-electron chi connectivity index (χ1n) is 8.27. The molecule has 0 bridgehead atoms. The van der Waals surface area contributed by atoms with Gasteiger partial charge in [-0.25, -0.2) is 0 Å². The standard InChI is InChI=1S/C19H18N2O4/c22-21(23)16-6-7-17-19-18(16)15(12-20(19)9-11-25-17)8-10-24-13-14-4-2-1-3-5-14/h1-7,12H,8-11,13H2. The number of non-ortho nitro benzene ring substituents is 1. The van der Waals surface area contributed by atoms with Gasteiger partial charge in [0.15, 0.2) is 0 Å². The van der Waals surface area contributed by atoms with Gasteiger partial charge in [0, 0.05) is 12.3 Å². The average Bonchev–Trinajstić information content (AvgIpc) is 3.00. The van der Waals surface area contributed by atoms with Crippen molar-refractivity contribution in [2.45, 2.75) is 19.6 Å². The Hall–Kier alpha value is -2.86. The number of hydrogen-bond acceptors (Lipinski definition) is 4. The first-order valence-corrected chi connectivity index (χ1v) is 8.27. The second-order valence-electron chi connectivity index (χ2n) is 6.05. The van der Waals surface area contributed by atoms with Crippen LogP contribution in [0.4, 0.5) is 5.69 Å². The molecule has 0 amide bonds. The quantitative estimate of drug-likeness (QED) is 0.390. The number of rotatable bonds is 6. The Labute approximate surface area is 144 Å². The second kappa shape index (κ2) is 6.57. The fourth-order valence-electron chi connectivity index (χ4n) is 3.32. The maximum absolute atomic E-state index is 11.4. The van der Waals surface area contributed by atoms with Crippen molar-refractivity contribution < 1.29 is 14.4 Å². The molecule has 0 spiro atoms. The minimum Gasteiger partial charge on any atom is -0.490 e. The molecule has 0 saturated carbocycles. The molecular weight excluding hydrogens is 320 g/mol. The molecule has 0 radical (unpaired) electrons. The summed E-state index contributed by atoms with van der Waals surface area (Å²) < 4.78 is 13.5. The van der Waals surface area contributed by atoms with E-state index in [1.54, 1.807) is 6.07 Å². The Balaban J connectivity index is 1.57. The summed E-state index contributed by atoms with van der Waals surface area (Å²) in [4.78, 5) is 11.1. The lowest BCUT2D eigenvalue weighted by molar-refractivity contribution is -0.383. The van der Waals surface area contributed by atoms with Gasteiger partial charge in [-0.15, -0.1) is 0 Å². The molecule has 2 aromatic carbocycles. The van der Waals surface area contributed by atoms with Crippen LogP contribution < -0.4 is 4.74 Å². The molecule has 0 saturated heterocycles. The SMILES string of the molecule is O=[N+]([O-])c1ccc2c3c1c(CCOCc1ccccc1)cn3CCO2. The van der Waals surface area contributed by atoms with Gasteiger partial charge in [-0.05, 0) is 23.6 Å². The van der Waals surface area contributed by atoms with Crippen molar-refractivity contribution in [3.05, 3.63) is 69.9 Å². The third-order valence-corrected chi connectivity index (χ3v) is 4.45. The number of nitro groups is 1. The lowest BCUT2D eigenvalue weighted by Gasteiger charge is -2.16. The maximum atomic E-state index is 11.4. The van der Waals surface area contributed by atoms with Gasteiger partial charge in [-0.3, -0.25) is 10.1 Å². The van der Waals surface area contributed by atoms with E-state index in [0.29, 0.717) is 43.9 Å². The zero-order valence-electron chi connectivity index (χ0n) is 13.7. The molecular formula is C19H18N2O4. The Bertz CT molecular complexity index is 918. The minimum atomic E-state index is -0.327. The molecule has 25 heavy (non-hydrogen) atoms. The van der Waals surface area contributed by atoms with Gasteiger partial charge in [-0.2, -0.15) is 0 Å². The van der Waals surface area contributed by atoms with Crippen molar-refractivity contribution in [1.82, 2.24) is 4.57 Å². The van der Waals surface area contributed by atoms with Crippen LogP contribution in [-0.4, -0.2) is 22.7 Å². The molecule has 0 aliphatic carbocycles. The summed E-state index contributed by atoms with van der Waals surface area (Å²) in [5.74, 6) is 0.711. The van der Waals surface area contributed by atoms with Gasteiger partial charge in [-0.1, -0.05) is 30.3 Å². The topological polar surface area (TPSA) is 66.5 Å². The predicted molar refractivity (Wildman–Crippen MR) is 93.9 cm³/mol. The highest BCUT2D eigenvalue weighted by molar-refractivity contribution is 5.96. The Morgan fingerprint density at radius 3 is 2.84 bits per heavy atom. The molecule has 0 unspecified atom stereocenters. The highest BCUT2D eigenvalue weighted by atomic mass is 16.6. The third-order valence-electron chi connectivity index (χ3n) is 4.45. The van der Waals surface area contributed by atoms with Crippen LogP contribution in [0.2, 0.25) is 0 Å². The summed E-state index contributed by atoms with van der Waals surface area (Å²) in [6, 6.07) is 13.2. The molecule has 0 fully saturated rings. The summed E-state index contributed by atoms with van der Waals surface area (Å²) in [5.41, 5.74) is 2.99. The lowest BCUT2D eigenvalue weighted by Crippen LogP contribution is -2.13. The van der Waals surface area contributed by atoms with Gasteiger partial charge in [0.05, 0.1) is 35.6 Å². The maximum Gasteiger partial charge on any atom is 0.279 e. The van der Waals surface area contributed by atoms with Crippen LogP contribution >= 0.6 is 0 Å². The van der Waals surface area contributed by atoms with Crippen LogP contribution in [0.15, 0.2) is 48.7 Å². The fraction of sp³-hybridized carbons (Fsp3) is 0.263. The van der Waals surface area contributed by atoms with E-state index < -0.39 is 0 Å². The number of nitrogens with zero attached hydrogens (tertiary/aromatic N) is 2. The zero-order chi connectivity index (χ0) is 17.2. The number of aromatic nitrogens is 1. The van der Waals surface area contributed by atoms with Crippen molar-refractivity contribution in [1.29, 1.82) is 0 Å². The molecule has 2 heterocycles. The van der Waals surface area contributed by atoms with E-state index in [1.165, 1.54) is 6.07 Å². The van der Waals surface area contributed by atoms with Crippen molar-refractivity contribution in [3.8, 4) is 5.75 Å². The molecule has 4 rings (SSSR count). The minimum absolute atomic E-state index is 0.126. The number of nitro benzene ring substituents is 1. The van der Waals surface area contributed by atoms with Crippen LogP contribution in [0.3, 0.4) is 0 Å². The smallest absolute Gasteiger partial charge is 0.279 e. The summed E-state index contributed by atoms with van der Waals surface area (Å²) in [6.45, 7) is 2.33. The molecule has 1 aromatic heterocycles. The summed E-state index contributed by atoms with van der Waals surface area (Å²) in [7, 11) is 0. The van der Waals surface area contributed by atoms with Crippen molar-refractivity contribution in [2.24, 2.45) is 0 Å². The molecule has 0 N–H and O–H groups in total. The van der Waals surface area contributed by atoms with Crippen molar-refractivity contribution in [3.63, 3.8) is 0 Å². The highest BCUT2D eigenvalue weighted by Crippen LogP contribution is 2.38. The van der Waals surface area contributed by atoms with E-state index in [2.05, 4.69) is 0 Å². The van der Waals surface area contributed by atoms with E-state index in [0.717, 1.165) is 16.6 Å². The van der Waals surface area contributed by atoms with Crippen LogP contribution in [0.25, 0.3) is 10.9 Å². The Morgan fingerprint density at radius 1 is 1.20 bits per heavy atom. The van der Waals surface area contributed by atoms with E-state index in [9.17, 15) is 10.1 Å². The number of ether oxygens (including phenoxy) is 2. The Morgan fingerprint density at radius 2 is 2.04 bits per heavy atom. The van der Waals surface area contributed by atoms with Crippen LogP contribution in [-0.2, 0) is 24.3 Å². The van der Waals surface area contributed by atoms with Gasteiger partial charge < -0.3 is 14.0 Å². The predicted octanol–water partition coefficient (Wildman–Crippen LogP) is 3.70. The normalized spacial score (nSPS) is 13.0. The van der Waals surface area contributed by atoms with Gasteiger partial charge in [0.25, 0.3) is 5.69 Å². The summed E-state index contributed by atoms with van der Waals surface area (Å²) >= 11 is 0. The third kappa shape index (κ3) is 2.96. The van der Waals surface area contributed by atoms with Gasteiger partial charge in [0.1, 0.15) is 12.4 Å². The van der Waals surface area contributed by atoms with Gasteiger partial charge >= 0.3 is 0 Å². The monoisotopic (exact) mass is 338 g/mol. The lowest BCUT2D eigenvalue weighted by atomic mass is 10.1. The molecule has 1 aliphatic heterocycles. The van der Waals surface area contributed by atoms with Crippen molar-refractivity contribution in [2.75, 3.05) is 13.2 Å². The number of benzene rings is 2. The van der Waals surface area contributed by atoms with Crippen LogP contribution in [0.5, 0.6) is 5.75 Å². The average molecular weight is 338 g/mol. The second-order valence-corrected chi connectivity index (χ2v) is 6.05. The van der Waals surface area contributed by atoms with E-state index in [-0.39, 0.29) is 10.6 Å². The molecule has 0 atom stereocenters. The summed E-state index contributed by atoms with van der Waals surface area (Å²) in [6.07, 6.45) is 2.62. The molecule has 128 valence electrons. The molecule has 1 aliphatic rings. The molecule has 6 nitrogen and oxygen atoms in total. The highest BCUT2D eigenvalue weighted by Gasteiger charge is 2.24. The van der Waals surface area contributed by atoms with E-state index >= 15 is 0 Å². The van der Waals surface area contributed by atoms with Crippen molar-refractivity contribution >= 4 is 16.6 Å². The number of hydrogen-bond donors (Lipinski definition) is 0. The van der Waals surface area contributed by atoms with Gasteiger partial charge in [0.2, 0.25) is 0 Å². The largest absolute Gasteiger partial charge is 0.490 e. The summed E-state index contributed by atoms with van der Waals surface area (Å²) in [5, 5.41) is 12.1. The van der Waals surface area contributed by atoms with E-state index in [4.69, 9.17) is 9.47 Å². The van der Waals surface area contributed by atoms with Crippen LogP contribution in [0, 0.1) is 10.1 Å². The molecule has 3 aromatic rings.